The average molecular weight is 267 g/mol. The van der Waals surface area contributed by atoms with Gasteiger partial charge in [0.1, 0.15) is 0 Å². The zero-order valence-electron chi connectivity index (χ0n) is 11.7. The molecule has 5 nitrogen and oxygen atoms in total. The highest BCUT2D eigenvalue weighted by atomic mass is 16.3. The number of carbonyl (C=O) groups excluding carboxylic acids is 1. The Morgan fingerprint density at radius 3 is 2.37 bits per heavy atom. The van der Waals surface area contributed by atoms with Crippen LogP contribution >= 0.6 is 0 Å². The van der Waals surface area contributed by atoms with Gasteiger partial charge in [-0.05, 0) is 18.7 Å². The topological polar surface area (TPSA) is 89.8 Å². The zero-order chi connectivity index (χ0) is 14.8. The highest BCUT2D eigenvalue weighted by Gasteiger charge is 2.30. The summed E-state index contributed by atoms with van der Waals surface area (Å²) in [5.41, 5.74) is -0.431. The molecule has 1 aromatic carbocycles. The van der Waals surface area contributed by atoms with E-state index in [9.17, 15) is 20.1 Å². The Bertz CT molecular complexity index is 477. The number of aromatic hydroxyl groups is 2. The fourth-order valence-electron chi connectivity index (χ4n) is 1.79. The van der Waals surface area contributed by atoms with Crippen LogP contribution in [0.15, 0.2) is 12.1 Å². The summed E-state index contributed by atoms with van der Waals surface area (Å²) in [6.07, 6.45) is -0.933. The molecule has 0 radical (unpaired) electrons. The molecule has 5 heteroatoms. The van der Waals surface area contributed by atoms with Gasteiger partial charge in [0.2, 0.25) is 0 Å². The highest BCUT2D eigenvalue weighted by Crippen LogP contribution is 2.37. The standard InChI is InChI=1S/C14H21NO4/c1-14(2,3)13(19)11-8(10(17)7-15-4)5-6-9(16)12(11)18/h5-6,10,15-18H,7H2,1-4H3/t10-/m0/s1. The monoisotopic (exact) mass is 267 g/mol. The summed E-state index contributed by atoms with van der Waals surface area (Å²) in [4.78, 5) is 12.4. The van der Waals surface area contributed by atoms with Crippen LogP contribution in [-0.4, -0.2) is 34.7 Å². The Balaban J connectivity index is 3.41. The molecule has 4 N–H and O–H groups in total. The van der Waals surface area contributed by atoms with E-state index in [2.05, 4.69) is 5.32 Å². The number of carbonyl (C=O) groups is 1. The van der Waals surface area contributed by atoms with Crippen molar-refractivity contribution in [3.8, 4) is 11.5 Å². The number of rotatable bonds is 4. The second-order valence-electron chi connectivity index (χ2n) is 5.55. The summed E-state index contributed by atoms with van der Waals surface area (Å²) in [6, 6.07) is 2.72. The van der Waals surface area contributed by atoms with Gasteiger partial charge >= 0.3 is 0 Å². The van der Waals surface area contributed by atoms with E-state index < -0.39 is 17.3 Å². The minimum absolute atomic E-state index is 0.0183. The number of aliphatic hydroxyl groups excluding tert-OH is 1. The first-order valence-corrected chi connectivity index (χ1v) is 6.12. The number of phenolic OH excluding ortho intramolecular Hbond substituents is 2. The first-order valence-electron chi connectivity index (χ1n) is 6.12. The van der Waals surface area contributed by atoms with Crippen LogP contribution in [0.25, 0.3) is 0 Å². The Morgan fingerprint density at radius 2 is 1.89 bits per heavy atom. The summed E-state index contributed by atoms with van der Waals surface area (Å²) in [5, 5.41) is 32.3. The van der Waals surface area contributed by atoms with Crippen molar-refractivity contribution >= 4 is 5.78 Å². The summed E-state index contributed by atoms with van der Waals surface area (Å²) in [7, 11) is 1.68. The smallest absolute Gasteiger partial charge is 0.172 e. The molecule has 0 aliphatic heterocycles. The van der Waals surface area contributed by atoms with E-state index in [1.807, 2.05) is 0 Å². The van der Waals surface area contributed by atoms with Crippen molar-refractivity contribution in [3.05, 3.63) is 23.3 Å². The van der Waals surface area contributed by atoms with Gasteiger partial charge in [0, 0.05) is 12.0 Å². The first-order chi connectivity index (χ1) is 8.70. The molecule has 1 atom stereocenters. The van der Waals surface area contributed by atoms with Crippen molar-refractivity contribution in [2.45, 2.75) is 26.9 Å². The van der Waals surface area contributed by atoms with Crippen LogP contribution in [-0.2, 0) is 0 Å². The molecule has 0 aliphatic rings. The molecule has 0 spiro atoms. The van der Waals surface area contributed by atoms with Crippen LogP contribution in [0.1, 0.15) is 42.8 Å². The van der Waals surface area contributed by atoms with Crippen molar-refractivity contribution in [1.82, 2.24) is 5.32 Å². The van der Waals surface area contributed by atoms with Crippen molar-refractivity contribution in [3.63, 3.8) is 0 Å². The molecule has 106 valence electrons. The Labute approximate surface area is 112 Å². The highest BCUT2D eigenvalue weighted by molar-refractivity contribution is 6.04. The lowest BCUT2D eigenvalue weighted by atomic mass is 9.83. The van der Waals surface area contributed by atoms with E-state index >= 15 is 0 Å². The zero-order valence-corrected chi connectivity index (χ0v) is 11.7. The average Bonchev–Trinajstić information content (AvgIpc) is 2.30. The maximum atomic E-state index is 12.4. The molecule has 1 aromatic rings. The summed E-state index contributed by atoms with van der Waals surface area (Å²) >= 11 is 0. The second-order valence-corrected chi connectivity index (χ2v) is 5.55. The van der Waals surface area contributed by atoms with E-state index in [0.717, 1.165) is 0 Å². The quantitative estimate of drug-likeness (QED) is 0.491. The number of likely N-dealkylation sites (N-methyl/N-ethyl adjacent to an activating group) is 1. The summed E-state index contributed by atoms with van der Waals surface area (Å²) < 4.78 is 0. The van der Waals surface area contributed by atoms with Crippen molar-refractivity contribution in [2.24, 2.45) is 5.41 Å². The van der Waals surface area contributed by atoms with Crippen LogP contribution in [0.3, 0.4) is 0 Å². The van der Waals surface area contributed by atoms with Gasteiger partial charge in [-0.25, -0.2) is 0 Å². The SMILES string of the molecule is CNC[C@H](O)c1ccc(O)c(O)c1C(=O)C(C)(C)C. The van der Waals surface area contributed by atoms with E-state index in [1.165, 1.54) is 12.1 Å². The molecule has 19 heavy (non-hydrogen) atoms. The van der Waals surface area contributed by atoms with Crippen LogP contribution in [0.5, 0.6) is 11.5 Å². The molecule has 0 aromatic heterocycles. The van der Waals surface area contributed by atoms with E-state index in [-0.39, 0.29) is 23.6 Å². The maximum absolute atomic E-state index is 12.4. The van der Waals surface area contributed by atoms with Crippen molar-refractivity contribution in [2.75, 3.05) is 13.6 Å². The Morgan fingerprint density at radius 1 is 1.32 bits per heavy atom. The third-order valence-electron chi connectivity index (χ3n) is 2.85. The molecule has 0 aliphatic carbocycles. The number of ketones is 1. The number of aliphatic hydroxyl groups is 1. The lowest BCUT2D eigenvalue weighted by Crippen LogP contribution is -2.25. The number of phenols is 2. The lowest BCUT2D eigenvalue weighted by molar-refractivity contribution is 0.0846. The number of hydrogen-bond donors (Lipinski definition) is 4. The van der Waals surface area contributed by atoms with Gasteiger partial charge in [-0.1, -0.05) is 26.8 Å². The minimum Gasteiger partial charge on any atom is -0.504 e. The third kappa shape index (κ3) is 3.24. The van der Waals surface area contributed by atoms with E-state index in [4.69, 9.17) is 0 Å². The van der Waals surface area contributed by atoms with Gasteiger partial charge in [0.25, 0.3) is 0 Å². The fraction of sp³-hybridized carbons (Fsp3) is 0.500. The van der Waals surface area contributed by atoms with Gasteiger partial charge in [-0.15, -0.1) is 0 Å². The number of benzene rings is 1. The minimum atomic E-state index is -0.933. The Hall–Kier alpha value is -1.59. The summed E-state index contributed by atoms with van der Waals surface area (Å²) in [5.74, 6) is -1.17. The molecular weight excluding hydrogens is 246 g/mol. The fourth-order valence-corrected chi connectivity index (χ4v) is 1.79. The molecular formula is C14H21NO4. The second kappa shape index (κ2) is 5.59. The molecule has 0 saturated heterocycles. The van der Waals surface area contributed by atoms with Crippen molar-refractivity contribution in [1.29, 1.82) is 0 Å². The van der Waals surface area contributed by atoms with Crippen LogP contribution < -0.4 is 5.32 Å². The number of Topliss-reactive ketones (excluding diaryl/α,β-unsaturated/α-hetero) is 1. The van der Waals surface area contributed by atoms with Crippen LogP contribution in [0, 0.1) is 5.41 Å². The molecule has 0 unspecified atom stereocenters. The molecule has 0 saturated carbocycles. The molecule has 0 amide bonds. The first kappa shape index (κ1) is 15.5. The molecule has 1 rings (SSSR count). The van der Waals surface area contributed by atoms with Gasteiger partial charge < -0.3 is 20.6 Å². The van der Waals surface area contributed by atoms with Crippen LogP contribution in [0.2, 0.25) is 0 Å². The van der Waals surface area contributed by atoms with Gasteiger partial charge in [-0.3, -0.25) is 4.79 Å². The van der Waals surface area contributed by atoms with E-state index in [0.29, 0.717) is 5.56 Å². The third-order valence-corrected chi connectivity index (χ3v) is 2.85. The van der Waals surface area contributed by atoms with Gasteiger partial charge in [0.05, 0.1) is 11.7 Å². The molecule has 0 bridgehead atoms. The molecule has 0 heterocycles. The normalized spacial score (nSPS) is 13.3. The van der Waals surface area contributed by atoms with Gasteiger partial charge in [0.15, 0.2) is 17.3 Å². The lowest BCUT2D eigenvalue weighted by Gasteiger charge is -2.22. The largest absolute Gasteiger partial charge is 0.504 e. The Kier molecular flexibility index (Phi) is 4.55. The predicted octanol–water partition coefficient (Wildman–Crippen LogP) is 1.58. The number of hydrogen-bond acceptors (Lipinski definition) is 5. The van der Waals surface area contributed by atoms with E-state index in [1.54, 1.807) is 27.8 Å². The summed E-state index contributed by atoms with van der Waals surface area (Å²) in [6.45, 7) is 5.39. The van der Waals surface area contributed by atoms with Crippen LogP contribution in [0.4, 0.5) is 0 Å². The molecule has 0 fully saturated rings. The van der Waals surface area contributed by atoms with Crippen molar-refractivity contribution < 1.29 is 20.1 Å². The predicted molar refractivity (Wildman–Crippen MR) is 72.4 cm³/mol. The number of nitrogens with one attached hydrogen (secondary N) is 1. The maximum Gasteiger partial charge on any atom is 0.172 e. The van der Waals surface area contributed by atoms with Gasteiger partial charge in [-0.2, -0.15) is 0 Å².